The number of nitrogens with zero attached hydrogens (tertiary/aromatic N) is 1. The molecule has 0 bridgehead atoms. The van der Waals surface area contributed by atoms with E-state index < -0.39 is 15.8 Å². The van der Waals surface area contributed by atoms with Crippen molar-refractivity contribution >= 4 is 37.6 Å². The SMILES string of the molecule is NCC1CCN(S(=O)(=O)c2c(Cl)cc(F)cc2Br)C1. The number of halogens is 3. The molecule has 1 aromatic carbocycles. The number of sulfonamides is 1. The van der Waals surface area contributed by atoms with E-state index in [0.717, 1.165) is 18.6 Å². The van der Waals surface area contributed by atoms with Gasteiger partial charge in [-0.3, -0.25) is 0 Å². The van der Waals surface area contributed by atoms with Crippen LogP contribution in [0.25, 0.3) is 0 Å². The van der Waals surface area contributed by atoms with Crippen molar-refractivity contribution in [2.75, 3.05) is 19.6 Å². The van der Waals surface area contributed by atoms with Gasteiger partial charge in [-0.2, -0.15) is 4.31 Å². The van der Waals surface area contributed by atoms with Gasteiger partial charge >= 0.3 is 0 Å². The van der Waals surface area contributed by atoms with Crippen molar-refractivity contribution in [1.29, 1.82) is 0 Å². The third-order valence-corrected chi connectivity index (χ3v) is 6.41. The fourth-order valence-electron chi connectivity index (χ4n) is 2.11. The lowest BCUT2D eigenvalue weighted by Gasteiger charge is -2.18. The highest BCUT2D eigenvalue weighted by atomic mass is 79.9. The molecule has 1 aromatic rings. The van der Waals surface area contributed by atoms with Gasteiger partial charge in [0.1, 0.15) is 10.7 Å². The lowest BCUT2D eigenvalue weighted by atomic mass is 10.1. The van der Waals surface area contributed by atoms with Gasteiger partial charge in [0.15, 0.2) is 0 Å². The molecule has 0 aliphatic carbocycles. The summed E-state index contributed by atoms with van der Waals surface area (Å²) >= 11 is 8.93. The molecule has 0 amide bonds. The molecule has 106 valence electrons. The maximum Gasteiger partial charge on any atom is 0.245 e. The van der Waals surface area contributed by atoms with Crippen LogP contribution in [0, 0.1) is 11.7 Å². The monoisotopic (exact) mass is 370 g/mol. The van der Waals surface area contributed by atoms with E-state index in [-0.39, 0.29) is 20.3 Å². The Morgan fingerprint density at radius 1 is 1.53 bits per heavy atom. The third kappa shape index (κ3) is 2.95. The molecule has 1 saturated heterocycles. The first kappa shape index (κ1) is 15.2. The van der Waals surface area contributed by atoms with Crippen molar-refractivity contribution in [3.05, 3.63) is 27.4 Å². The number of benzene rings is 1. The molecular weight excluding hydrogens is 359 g/mol. The van der Waals surface area contributed by atoms with E-state index in [1.54, 1.807) is 0 Å². The Kier molecular flexibility index (Phi) is 4.52. The van der Waals surface area contributed by atoms with E-state index >= 15 is 0 Å². The van der Waals surface area contributed by atoms with E-state index in [0.29, 0.717) is 19.6 Å². The second kappa shape index (κ2) is 5.65. The molecule has 2 rings (SSSR count). The van der Waals surface area contributed by atoms with E-state index in [2.05, 4.69) is 15.9 Å². The zero-order valence-corrected chi connectivity index (χ0v) is 13.1. The fourth-order valence-corrected chi connectivity index (χ4v) is 5.39. The highest BCUT2D eigenvalue weighted by molar-refractivity contribution is 9.10. The van der Waals surface area contributed by atoms with Crippen molar-refractivity contribution in [2.24, 2.45) is 11.7 Å². The Bertz CT molecular complexity index is 573. The third-order valence-electron chi connectivity index (χ3n) is 3.14. The van der Waals surface area contributed by atoms with Crippen LogP contribution in [0.3, 0.4) is 0 Å². The normalized spacial score (nSPS) is 20.9. The zero-order chi connectivity index (χ0) is 14.2. The largest absolute Gasteiger partial charge is 0.330 e. The number of nitrogens with two attached hydrogens (primary N) is 1. The zero-order valence-electron chi connectivity index (χ0n) is 9.94. The Morgan fingerprint density at radius 2 is 2.21 bits per heavy atom. The van der Waals surface area contributed by atoms with Crippen LogP contribution in [-0.2, 0) is 10.0 Å². The lowest BCUT2D eigenvalue weighted by molar-refractivity contribution is 0.458. The van der Waals surface area contributed by atoms with Crippen LogP contribution in [0.5, 0.6) is 0 Å². The van der Waals surface area contributed by atoms with Gasteiger partial charge in [-0.15, -0.1) is 0 Å². The molecule has 19 heavy (non-hydrogen) atoms. The summed E-state index contributed by atoms with van der Waals surface area (Å²) in [5.41, 5.74) is 5.55. The van der Waals surface area contributed by atoms with Crippen molar-refractivity contribution in [3.8, 4) is 0 Å². The van der Waals surface area contributed by atoms with Gasteiger partial charge < -0.3 is 5.73 Å². The summed E-state index contributed by atoms with van der Waals surface area (Å²) in [6, 6.07) is 2.09. The minimum Gasteiger partial charge on any atom is -0.330 e. The first-order valence-electron chi connectivity index (χ1n) is 5.71. The summed E-state index contributed by atoms with van der Waals surface area (Å²) in [5.74, 6) is -0.426. The van der Waals surface area contributed by atoms with Crippen molar-refractivity contribution in [2.45, 2.75) is 11.3 Å². The number of hydrogen-bond acceptors (Lipinski definition) is 3. The smallest absolute Gasteiger partial charge is 0.245 e. The molecule has 1 aliphatic rings. The van der Waals surface area contributed by atoms with Crippen LogP contribution in [0.1, 0.15) is 6.42 Å². The second-order valence-corrected chi connectivity index (χ2v) is 7.59. The molecule has 0 spiro atoms. The van der Waals surface area contributed by atoms with Gasteiger partial charge in [0.05, 0.1) is 5.02 Å². The van der Waals surface area contributed by atoms with Crippen molar-refractivity contribution in [3.63, 3.8) is 0 Å². The van der Waals surface area contributed by atoms with Gasteiger partial charge in [-0.05, 0) is 46.9 Å². The molecule has 1 aliphatic heterocycles. The highest BCUT2D eigenvalue weighted by Gasteiger charge is 2.34. The van der Waals surface area contributed by atoms with E-state index in [4.69, 9.17) is 17.3 Å². The molecule has 0 radical (unpaired) electrons. The molecule has 0 aromatic heterocycles. The van der Waals surface area contributed by atoms with Crippen LogP contribution in [0.4, 0.5) is 4.39 Å². The molecule has 1 heterocycles. The lowest BCUT2D eigenvalue weighted by Crippen LogP contribution is -2.30. The first-order valence-corrected chi connectivity index (χ1v) is 8.32. The fraction of sp³-hybridized carbons (Fsp3) is 0.455. The van der Waals surface area contributed by atoms with E-state index in [9.17, 15) is 12.8 Å². The Hall–Kier alpha value is -0.210. The highest BCUT2D eigenvalue weighted by Crippen LogP contribution is 2.34. The minimum absolute atomic E-state index is 0.0896. The van der Waals surface area contributed by atoms with Crippen LogP contribution >= 0.6 is 27.5 Å². The van der Waals surface area contributed by atoms with Gasteiger partial charge in [-0.1, -0.05) is 11.6 Å². The summed E-state index contributed by atoms with van der Waals surface area (Å²) in [5, 5.41) is -0.122. The number of rotatable bonds is 3. The van der Waals surface area contributed by atoms with Gasteiger partial charge in [0.2, 0.25) is 10.0 Å². The molecule has 4 nitrogen and oxygen atoms in total. The quantitative estimate of drug-likeness (QED) is 0.886. The molecule has 1 fully saturated rings. The Morgan fingerprint density at radius 3 is 2.74 bits per heavy atom. The number of hydrogen-bond donors (Lipinski definition) is 1. The Labute approximate surface area is 124 Å². The molecule has 8 heteroatoms. The minimum atomic E-state index is -3.73. The van der Waals surface area contributed by atoms with Crippen LogP contribution < -0.4 is 5.73 Å². The van der Waals surface area contributed by atoms with Crippen molar-refractivity contribution in [1.82, 2.24) is 4.31 Å². The first-order chi connectivity index (χ1) is 8.86. The maximum atomic E-state index is 13.2. The molecule has 0 saturated carbocycles. The van der Waals surface area contributed by atoms with Crippen LogP contribution in [0.15, 0.2) is 21.5 Å². The predicted molar refractivity (Wildman–Crippen MR) is 75.0 cm³/mol. The van der Waals surface area contributed by atoms with Crippen LogP contribution in [0.2, 0.25) is 5.02 Å². The molecule has 1 atom stereocenters. The average molecular weight is 372 g/mol. The summed E-state index contributed by atoms with van der Waals surface area (Å²) in [4.78, 5) is -0.0896. The average Bonchev–Trinajstić information content (AvgIpc) is 2.75. The summed E-state index contributed by atoms with van der Waals surface area (Å²) in [7, 11) is -3.73. The van der Waals surface area contributed by atoms with Crippen molar-refractivity contribution < 1.29 is 12.8 Å². The van der Waals surface area contributed by atoms with Gasteiger partial charge in [-0.25, -0.2) is 12.8 Å². The second-order valence-electron chi connectivity index (χ2n) is 4.45. The Balaban J connectivity index is 2.41. The van der Waals surface area contributed by atoms with Crippen LogP contribution in [-0.4, -0.2) is 32.4 Å². The summed E-state index contributed by atoms with van der Waals surface area (Å²) in [6.45, 7) is 1.23. The summed E-state index contributed by atoms with van der Waals surface area (Å²) in [6.07, 6.45) is 0.728. The maximum absolute atomic E-state index is 13.2. The van der Waals surface area contributed by atoms with Gasteiger partial charge in [0.25, 0.3) is 0 Å². The topological polar surface area (TPSA) is 63.4 Å². The summed E-state index contributed by atoms with van der Waals surface area (Å²) < 4.78 is 39.6. The molecular formula is C11H13BrClFN2O2S. The standard InChI is InChI=1S/C11H13BrClFN2O2S/c12-9-3-8(14)4-10(13)11(9)19(17,18)16-2-1-7(5-15)6-16/h3-4,7H,1-2,5-6,15H2. The molecule has 1 unspecified atom stereocenters. The molecule has 2 N–H and O–H groups in total. The predicted octanol–water partition coefficient (Wildman–Crippen LogP) is 2.21. The van der Waals surface area contributed by atoms with E-state index in [1.165, 1.54) is 4.31 Å². The van der Waals surface area contributed by atoms with E-state index in [1.807, 2.05) is 0 Å². The van der Waals surface area contributed by atoms with Gasteiger partial charge in [0, 0.05) is 17.6 Å².